The number of nitrogens with zero attached hydrogens (tertiary/aromatic N) is 1. The van der Waals surface area contributed by atoms with Gasteiger partial charge in [0.05, 0.1) is 6.54 Å². The highest BCUT2D eigenvalue weighted by Crippen LogP contribution is 2.39. The molecule has 2 aliphatic rings. The summed E-state index contributed by atoms with van der Waals surface area (Å²) in [6.07, 6.45) is 4.04. The van der Waals surface area contributed by atoms with Crippen LogP contribution in [0.5, 0.6) is 0 Å². The third-order valence-electron chi connectivity index (χ3n) is 4.24. The van der Waals surface area contributed by atoms with Gasteiger partial charge in [-0.25, -0.2) is 0 Å². The molecule has 108 valence electrons. The van der Waals surface area contributed by atoms with Gasteiger partial charge in [-0.3, -0.25) is 9.59 Å². The molecule has 2 atom stereocenters. The van der Waals surface area contributed by atoms with Gasteiger partial charge in [-0.15, -0.1) is 0 Å². The zero-order chi connectivity index (χ0) is 14.0. The van der Waals surface area contributed by atoms with Gasteiger partial charge in [-0.2, -0.15) is 0 Å². The van der Waals surface area contributed by atoms with Crippen molar-refractivity contribution in [2.24, 2.45) is 5.92 Å². The molecule has 2 N–H and O–H groups in total. The Labute approximate surface area is 114 Å². The van der Waals surface area contributed by atoms with Crippen LogP contribution in [0.3, 0.4) is 0 Å². The first kappa shape index (κ1) is 14.3. The van der Waals surface area contributed by atoms with E-state index in [1.807, 2.05) is 18.7 Å². The predicted octanol–water partition coefficient (Wildman–Crippen LogP) is 1.23. The molecule has 2 unspecified atom stereocenters. The fourth-order valence-electron chi connectivity index (χ4n) is 3.49. The molecule has 19 heavy (non-hydrogen) atoms. The molecular formula is C14H24N2O3. The van der Waals surface area contributed by atoms with Gasteiger partial charge < -0.3 is 15.3 Å². The Bertz CT molecular complexity index is 343. The third-order valence-corrected chi connectivity index (χ3v) is 4.24. The van der Waals surface area contributed by atoms with Gasteiger partial charge >= 0.3 is 5.97 Å². The third kappa shape index (κ3) is 3.47. The number of carbonyl (C=O) groups excluding carboxylic acids is 1. The summed E-state index contributed by atoms with van der Waals surface area (Å²) in [4.78, 5) is 25.1. The monoisotopic (exact) mass is 268 g/mol. The zero-order valence-corrected chi connectivity index (χ0v) is 11.8. The van der Waals surface area contributed by atoms with Crippen LogP contribution in [0.2, 0.25) is 0 Å². The van der Waals surface area contributed by atoms with Crippen molar-refractivity contribution in [3.63, 3.8) is 0 Å². The maximum Gasteiger partial charge on any atom is 0.303 e. The number of aliphatic carboxylic acids is 1. The Morgan fingerprint density at radius 3 is 2.32 bits per heavy atom. The van der Waals surface area contributed by atoms with E-state index in [1.165, 1.54) is 0 Å². The van der Waals surface area contributed by atoms with Gasteiger partial charge in [0.15, 0.2) is 0 Å². The highest BCUT2D eigenvalue weighted by atomic mass is 16.4. The van der Waals surface area contributed by atoms with E-state index >= 15 is 0 Å². The van der Waals surface area contributed by atoms with Crippen molar-refractivity contribution >= 4 is 11.9 Å². The van der Waals surface area contributed by atoms with E-state index in [-0.39, 0.29) is 30.3 Å². The molecule has 0 aromatic heterocycles. The second-order valence-corrected chi connectivity index (χ2v) is 6.16. The number of nitrogens with one attached hydrogen (secondary N) is 1. The first-order chi connectivity index (χ1) is 8.97. The SMILES string of the molecule is CC(C)NCC(=O)N1C2CCC1CC(CC(=O)O)C2. The van der Waals surface area contributed by atoms with Crippen LogP contribution in [-0.4, -0.2) is 46.6 Å². The number of hydrogen-bond acceptors (Lipinski definition) is 3. The number of piperidine rings is 1. The molecule has 5 heteroatoms. The molecule has 0 aromatic carbocycles. The maximum absolute atomic E-state index is 12.2. The van der Waals surface area contributed by atoms with Gasteiger partial charge in [0.2, 0.25) is 5.91 Å². The second-order valence-electron chi connectivity index (χ2n) is 6.16. The Morgan fingerprint density at radius 2 is 1.84 bits per heavy atom. The lowest BCUT2D eigenvalue weighted by molar-refractivity contribution is -0.139. The summed E-state index contributed by atoms with van der Waals surface area (Å²) in [5.41, 5.74) is 0. The summed E-state index contributed by atoms with van der Waals surface area (Å²) in [5.74, 6) is -0.294. The summed E-state index contributed by atoms with van der Waals surface area (Å²) in [5, 5.41) is 12.1. The molecule has 2 saturated heterocycles. The molecule has 0 aliphatic carbocycles. The molecule has 0 radical (unpaired) electrons. The quantitative estimate of drug-likeness (QED) is 0.787. The molecule has 0 spiro atoms. The van der Waals surface area contributed by atoms with Crippen LogP contribution < -0.4 is 5.32 Å². The van der Waals surface area contributed by atoms with Crippen molar-refractivity contribution in [3.05, 3.63) is 0 Å². The smallest absolute Gasteiger partial charge is 0.303 e. The average Bonchev–Trinajstić information content (AvgIpc) is 2.57. The van der Waals surface area contributed by atoms with Crippen LogP contribution in [0.4, 0.5) is 0 Å². The number of amides is 1. The van der Waals surface area contributed by atoms with Crippen LogP contribution in [0, 0.1) is 5.92 Å². The summed E-state index contributed by atoms with van der Waals surface area (Å²) >= 11 is 0. The predicted molar refractivity (Wildman–Crippen MR) is 71.8 cm³/mol. The minimum atomic E-state index is -0.717. The van der Waals surface area contributed by atoms with E-state index in [1.54, 1.807) is 0 Å². The van der Waals surface area contributed by atoms with Gasteiger partial charge in [0.1, 0.15) is 0 Å². The van der Waals surface area contributed by atoms with Crippen molar-refractivity contribution in [2.75, 3.05) is 6.54 Å². The van der Waals surface area contributed by atoms with E-state index < -0.39 is 5.97 Å². The first-order valence-electron chi connectivity index (χ1n) is 7.23. The largest absolute Gasteiger partial charge is 0.481 e. The molecule has 2 aliphatic heterocycles. The van der Waals surface area contributed by atoms with Crippen molar-refractivity contribution in [2.45, 2.75) is 64.1 Å². The Morgan fingerprint density at radius 1 is 1.26 bits per heavy atom. The zero-order valence-electron chi connectivity index (χ0n) is 11.8. The average molecular weight is 268 g/mol. The fourth-order valence-corrected chi connectivity index (χ4v) is 3.49. The van der Waals surface area contributed by atoms with Crippen molar-refractivity contribution in [1.29, 1.82) is 0 Å². The maximum atomic E-state index is 12.2. The molecule has 2 fully saturated rings. The second kappa shape index (κ2) is 5.90. The minimum Gasteiger partial charge on any atom is -0.481 e. The van der Waals surface area contributed by atoms with Gasteiger partial charge in [0, 0.05) is 24.5 Å². The number of rotatable bonds is 5. The lowest BCUT2D eigenvalue weighted by Crippen LogP contribution is -2.50. The highest BCUT2D eigenvalue weighted by molar-refractivity contribution is 5.79. The number of carboxylic acid groups (broad SMARTS) is 1. The summed E-state index contributed by atoms with van der Waals surface area (Å²) in [6.45, 7) is 4.45. The van der Waals surface area contributed by atoms with E-state index in [9.17, 15) is 9.59 Å². The first-order valence-corrected chi connectivity index (χ1v) is 7.23. The number of hydrogen-bond donors (Lipinski definition) is 2. The van der Waals surface area contributed by atoms with Crippen molar-refractivity contribution in [3.8, 4) is 0 Å². The van der Waals surface area contributed by atoms with Gasteiger partial charge in [-0.1, -0.05) is 13.8 Å². The van der Waals surface area contributed by atoms with Crippen LogP contribution >= 0.6 is 0 Å². The van der Waals surface area contributed by atoms with Crippen LogP contribution in [-0.2, 0) is 9.59 Å². The normalized spacial score (nSPS) is 29.8. The Kier molecular flexibility index (Phi) is 4.45. The molecule has 5 nitrogen and oxygen atoms in total. The molecule has 0 aromatic rings. The molecular weight excluding hydrogens is 244 g/mol. The van der Waals surface area contributed by atoms with Gasteiger partial charge in [0.25, 0.3) is 0 Å². The summed E-state index contributed by atoms with van der Waals surface area (Å²) in [6, 6.07) is 0.847. The Balaban J connectivity index is 1.91. The number of carboxylic acids is 1. The molecule has 2 heterocycles. The lowest BCUT2D eigenvalue weighted by atomic mass is 9.88. The number of fused-ring (bicyclic) bond motifs is 2. The van der Waals surface area contributed by atoms with E-state index in [0.717, 1.165) is 25.7 Å². The summed E-state index contributed by atoms with van der Waals surface area (Å²) < 4.78 is 0. The summed E-state index contributed by atoms with van der Waals surface area (Å²) in [7, 11) is 0. The molecule has 1 amide bonds. The minimum absolute atomic E-state index is 0.176. The van der Waals surface area contributed by atoms with Crippen molar-refractivity contribution in [1.82, 2.24) is 10.2 Å². The highest BCUT2D eigenvalue weighted by Gasteiger charge is 2.43. The molecule has 2 rings (SSSR count). The van der Waals surface area contributed by atoms with E-state index in [2.05, 4.69) is 5.32 Å². The lowest BCUT2D eigenvalue weighted by Gasteiger charge is -2.38. The van der Waals surface area contributed by atoms with Crippen LogP contribution in [0.1, 0.15) is 46.0 Å². The van der Waals surface area contributed by atoms with Crippen LogP contribution in [0.25, 0.3) is 0 Å². The number of carbonyl (C=O) groups is 2. The van der Waals surface area contributed by atoms with Gasteiger partial charge in [-0.05, 0) is 31.6 Å². The Hall–Kier alpha value is -1.10. The topological polar surface area (TPSA) is 69.6 Å². The molecule has 0 saturated carbocycles. The van der Waals surface area contributed by atoms with Crippen molar-refractivity contribution < 1.29 is 14.7 Å². The van der Waals surface area contributed by atoms with Crippen LogP contribution in [0.15, 0.2) is 0 Å². The van der Waals surface area contributed by atoms with E-state index in [0.29, 0.717) is 12.6 Å². The fraction of sp³-hybridized carbons (Fsp3) is 0.857. The standard InChI is InChI=1S/C14H24N2O3/c1-9(2)15-8-13(17)16-11-3-4-12(16)6-10(5-11)7-14(18)19/h9-12,15H,3-8H2,1-2H3,(H,18,19). The van der Waals surface area contributed by atoms with E-state index in [4.69, 9.17) is 5.11 Å². The molecule has 2 bridgehead atoms.